The van der Waals surface area contributed by atoms with Crippen molar-refractivity contribution >= 4 is 5.97 Å². The fourth-order valence-electron chi connectivity index (χ4n) is 8.63. The third-order valence-electron chi connectivity index (χ3n) is 12.2. The molecule has 14 nitrogen and oxygen atoms in total. The summed E-state index contributed by atoms with van der Waals surface area (Å²) in [6.45, 7) is 17.2. The summed E-state index contributed by atoms with van der Waals surface area (Å²) in [5, 5.41) is 58.0. The first-order chi connectivity index (χ1) is 23.4. The Kier molecular flexibility index (Phi) is 15.0. The van der Waals surface area contributed by atoms with E-state index in [-0.39, 0.29) is 31.4 Å². The molecular formula is C37H70N2O12. The lowest BCUT2D eigenvalue weighted by molar-refractivity contribution is -0.318. The highest BCUT2D eigenvalue weighted by molar-refractivity contribution is 5.73. The molecule has 0 aromatic rings. The van der Waals surface area contributed by atoms with Crippen LogP contribution in [0, 0.1) is 23.7 Å². The van der Waals surface area contributed by atoms with Gasteiger partial charge in [0.25, 0.3) is 0 Å². The Morgan fingerprint density at radius 1 is 0.922 bits per heavy atom. The van der Waals surface area contributed by atoms with Crippen molar-refractivity contribution in [2.45, 2.75) is 185 Å². The maximum atomic E-state index is 14.1. The van der Waals surface area contributed by atoms with E-state index in [9.17, 15) is 30.3 Å². The van der Waals surface area contributed by atoms with Gasteiger partial charge in [-0.1, -0.05) is 27.7 Å². The number of aliphatic hydroxyl groups excluding tert-OH is 3. The van der Waals surface area contributed by atoms with Crippen LogP contribution in [0.15, 0.2) is 0 Å². The van der Waals surface area contributed by atoms with Gasteiger partial charge < -0.3 is 64.6 Å². The monoisotopic (exact) mass is 734 g/mol. The Balaban J connectivity index is 2.18. The van der Waals surface area contributed by atoms with Gasteiger partial charge in [-0.3, -0.25) is 4.79 Å². The van der Waals surface area contributed by atoms with E-state index < -0.39 is 108 Å². The van der Waals surface area contributed by atoms with Crippen LogP contribution in [-0.2, 0) is 33.2 Å². The van der Waals surface area contributed by atoms with E-state index in [1.54, 1.807) is 48.5 Å². The van der Waals surface area contributed by atoms with Gasteiger partial charge in [0.15, 0.2) is 12.6 Å². The Labute approximate surface area is 305 Å². The van der Waals surface area contributed by atoms with Crippen molar-refractivity contribution < 1.29 is 58.7 Å². The van der Waals surface area contributed by atoms with Crippen molar-refractivity contribution in [1.82, 2.24) is 4.90 Å². The SMILES string of the molecule is CC[C@H]1OC(=O)[C@H](C)[C@@H](OC2CC(C)(OC)C(O)C(C)O2)[C@H](C)[C@@H](OC2OC(C)CC(N(C)C)C2O)[C@](C)(O)C[C@@H](C)[C@H](N)[C@H](C)[C@@H](O)[C@]1(C)O. The fourth-order valence-corrected chi connectivity index (χ4v) is 8.63. The van der Waals surface area contributed by atoms with Crippen molar-refractivity contribution in [2.24, 2.45) is 29.4 Å². The van der Waals surface area contributed by atoms with Crippen LogP contribution in [0.3, 0.4) is 0 Å². The third kappa shape index (κ3) is 9.63. The van der Waals surface area contributed by atoms with Crippen LogP contribution in [0.25, 0.3) is 0 Å². The smallest absolute Gasteiger partial charge is 0.311 e. The molecule has 3 rings (SSSR count). The Hall–Kier alpha value is -1.01. The number of likely N-dealkylation sites (N-methyl/N-ethyl adjacent to an activating group) is 1. The van der Waals surface area contributed by atoms with Gasteiger partial charge in [-0.05, 0) is 80.8 Å². The highest BCUT2D eigenvalue weighted by Gasteiger charge is 2.53. The first kappa shape index (κ1) is 44.4. The Morgan fingerprint density at radius 3 is 2.08 bits per heavy atom. The highest BCUT2D eigenvalue weighted by Crippen LogP contribution is 2.41. The zero-order chi connectivity index (χ0) is 39.0. The van der Waals surface area contributed by atoms with Gasteiger partial charge in [-0.15, -0.1) is 0 Å². The summed E-state index contributed by atoms with van der Waals surface area (Å²) in [6.07, 6.45) is -8.68. The largest absolute Gasteiger partial charge is 0.459 e. The second kappa shape index (κ2) is 17.2. The quantitative estimate of drug-likeness (QED) is 0.206. The molecule has 0 spiro atoms. The molecular weight excluding hydrogens is 664 g/mol. The van der Waals surface area contributed by atoms with Gasteiger partial charge in [-0.25, -0.2) is 0 Å². The van der Waals surface area contributed by atoms with Gasteiger partial charge in [0.05, 0.1) is 47.6 Å². The average molecular weight is 735 g/mol. The van der Waals surface area contributed by atoms with Crippen molar-refractivity contribution in [3.8, 4) is 0 Å². The summed E-state index contributed by atoms with van der Waals surface area (Å²) in [4.78, 5) is 16.0. The van der Waals surface area contributed by atoms with Crippen LogP contribution in [0.5, 0.6) is 0 Å². The number of methoxy groups -OCH3 is 1. The number of carbonyl (C=O) groups excluding carboxylic acids is 1. The second-order valence-electron chi connectivity index (χ2n) is 16.8. The molecule has 0 aliphatic carbocycles. The van der Waals surface area contributed by atoms with E-state index in [4.69, 9.17) is 34.2 Å². The van der Waals surface area contributed by atoms with Crippen LogP contribution < -0.4 is 5.73 Å². The maximum absolute atomic E-state index is 14.1. The van der Waals surface area contributed by atoms with E-state index in [0.717, 1.165) is 0 Å². The highest BCUT2D eigenvalue weighted by atomic mass is 16.7. The van der Waals surface area contributed by atoms with Gasteiger partial charge in [0.2, 0.25) is 0 Å². The number of ether oxygens (including phenoxy) is 6. The number of nitrogens with two attached hydrogens (primary N) is 1. The molecule has 14 heteroatoms. The summed E-state index contributed by atoms with van der Waals surface area (Å²) >= 11 is 0. The molecule has 8 unspecified atom stereocenters. The summed E-state index contributed by atoms with van der Waals surface area (Å²) in [5.74, 6) is -3.57. The zero-order valence-corrected chi connectivity index (χ0v) is 33.2. The van der Waals surface area contributed by atoms with E-state index in [1.807, 2.05) is 32.8 Å². The van der Waals surface area contributed by atoms with Crippen LogP contribution >= 0.6 is 0 Å². The molecule has 0 amide bonds. The molecule has 0 aromatic carbocycles. The number of rotatable bonds is 7. The summed E-state index contributed by atoms with van der Waals surface area (Å²) < 4.78 is 37.3. The lowest BCUT2D eigenvalue weighted by atomic mass is 9.72. The number of cyclic esters (lactones) is 1. The van der Waals surface area contributed by atoms with Gasteiger partial charge in [0.1, 0.15) is 23.9 Å². The number of carbonyl (C=O) groups is 1. The van der Waals surface area contributed by atoms with Crippen molar-refractivity contribution in [1.29, 1.82) is 0 Å². The Bertz CT molecular complexity index is 1130. The van der Waals surface area contributed by atoms with Gasteiger partial charge >= 0.3 is 5.97 Å². The summed E-state index contributed by atoms with van der Waals surface area (Å²) in [7, 11) is 5.24. The summed E-state index contributed by atoms with van der Waals surface area (Å²) in [5.41, 5.74) is 2.20. The topological polar surface area (TPSA) is 203 Å². The number of hydrogen-bond donors (Lipinski definition) is 6. The van der Waals surface area contributed by atoms with Gasteiger partial charge in [-0.2, -0.15) is 0 Å². The molecule has 3 heterocycles. The number of nitrogens with zero attached hydrogens (tertiary/aromatic N) is 1. The fraction of sp³-hybridized carbons (Fsp3) is 0.973. The van der Waals surface area contributed by atoms with Crippen LogP contribution in [-0.4, -0.2) is 148 Å². The molecule has 300 valence electrons. The average Bonchev–Trinajstić information content (AvgIpc) is 3.05. The van der Waals surface area contributed by atoms with Crippen LogP contribution in [0.2, 0.25) is 0 Å². The first-order valence-electron chi connectivity index (χ1n) is 18.7. The molecule has 0 aromatic heterocycles. The van der Waals surface area contributed by atoms with Crippen LogP contribution in [0.1, 0.15) is 94.9 Å². The molecule has 0 bridgehead atoms. The minimum Gasteiger partial charge on any atom is -0.459 e. The normalized spacial score (nSPS) is 51.2. The van der Waals surface area contributed by atoms with E-state index >= 15 is 0 Å². The molecule has 51 heavy (non-hydrogen) atoms. The molecule has 3 aliphatic rings. The molecule has 7 N–H and O–H groups in total. The molecule has 3 saturated heterocycles. The maximum Gasteiger partial charge on any atom is 0.311 e. The zero-order valence-electron chi connectivity index (χ0n) is 33.2. The van der Waals surface area contributed by atoms with Crippen molar-refractivity contribution in [3.05, 3.63) is 0 Å². The number of hydrogen-bond acceptors (Lipinski definition) is 14. The summed E-state index contributed by atoms with van der Waals surface area (Å²) in [6, 6.07) is -0.983. The standard InChI is InChI=1S/C37H70N2O12/c1-14-25-37(10,45)30(41)20(4)27(38)18(2)16-35(8,44)32(51-34-28(40)24(39(11)12)15-19(3)47-34)21(5)29(22(6)33(43)49-25)50-26-17-36(9,46-13)31(42)23(7)48-26/h18-32,34,40-42,44-45H,14-17,38H2,1-13H3/t18-,19?,20+,21+,22-,23?,24?,25-,26?,27+,28?,29+,30-,31?,32-,34?,35-,36?,37-/m1/s1. The van der Waals surface area contributed by atoms with E-state index in [0.29, 0.717) is 6.42 Å². The third-order valence-corrected chi connectivity index (χ3v) is 12.2. The van der Waals surface area contributed by atoms with E-state index in [2.05, 4.69) is 0 Å². The second-order valence-corrected chi connectivity index (χ2v) is 16.8. The first-order valence-corrected chi connectivity index (χ1v) is 18.7. The van der Waals surface area contributed by atoms with Crippen LogP contribution in [0.4, 0.5) is 0 Å². The molecule has 19 atom stereocenters. The predicted octanol–water partition coefficient (Wildman–Crippen LogP) is 1.54. The van der Waals surface area contributed by atoms with Crippen molar-refractivity contribution in [3.63, 3.8) is 0 Å². The molecule has 3 fully saturated rings. The lowest BCUT2D eigenvalue weighted by Crippen LogP contribution is -2.62. The molecule has 0 saturated carbocycles. The molecule has 0 radical (unpaired) electrons. The minimum absolute atomic E-state index is 0.0888. The lowest BCUT2D eigenvalue weighted by Gasteiger charge is -2.49. The Morgan fingerprint density at radius 2 is 1.53 bits per heavy atom. The molecule has 3 aliphatic heterocycles. The number of aliphatic hydroxyl groups is 5. The number of esters is 1. The predicted molar refractivity (Wildman–Crippen MR) is 189 cm³/mol. The van der Waals surface area contributed by atoms with E-state index in [1.165, 1.54) is 14.0 Å². The minimum atomic E-state index is -1.85. The van der Waals surface area contributed by atoms with Gasteiger partial charge in [0, 0.05) is 37.5 Å². The van der Waals surface area contributed by atoms with Crippen molar-refractivity contribution in [2.75, 3.05) is 21.2 Å².